The van der Waals surface area contributed by atoms with Gasteiger partial charge < -0.3 is 5.73 Å². The zero-order chi connectivity index (χ0) is 8.27. The van der Waals surface area contributed by atoms with E-state index in [1.807, 2.05) is 6.07 Å². The summed E-state index contributed by atoms with van der Waals surface area (Å²) in [6, 6.07) is 5.29. The summed E-state index contributed by atoms with van der Waals surface area (Å²) in [6.07, 6.45) is 0.264. The number of nitrogens with two attached hydrogens (primary N) is 1. The molecule has 0 aliphatic heterocycles. The highest BCUT2D eigenvalue weighted by Gasteiger charge is 1.98. The second-order valence-corrected chi connectivity index (χ2v) is 2.38. The quantitative estimate of drug-likeness (QED) is 0.643. The molecule has 1 aromatic heterocycles. The Morgan fingerprint density at radius 3 is 2.91 bits per heavy atom. The van der Waals surface area contributed by atoms with E-state index in [0.29, 0.717) is 11.4 Å². The molecule has 1 heterocycles. The number of nitrogens with zero attached hydrogens (tertiary/aromatic N) is 2. The molecular weight excluding hydrogens is 162 g/mol. The van der Waals surface area contributed by atoms with E-state index in [0.717, 1.165) is 0 Å². The minimum atomic E-state index is 0.262. The van der Waals surface area contributed by atoms with Crippen molar-refractivity contribution in [1.82, 2.24) is 4.98 Å². The zero-order valence-electron chi connectivity index (χ0n) is 5.71. The fraction of sp³-hybridized carbons (Fsp3) is 0.143. The topological polar surface area (TPSA) is 62.7 Å². The van der Waals surface area contributed by atoms with E-state index in [9.17, 15) is 0 Å². The van der Waals surface area contributed by atoms with Crippen LogP contribution in [0.2, 0.25) is 5.15 Å². The van der Waals surface area contributed by atoms with Crippen LogP contribution < -0.4 is 5.73 Å². The van der Waals surface area contributed by atoms with Gasteiger partial charge in [-0.1, -0.05) is 11.6 Å². The van der Waals surface area contributed by atoms with E-state index in [1.165, 1.54) is 0 Å². The van der Waals surface area contributed by atoms with E-state index < -0.39 is 0 Å². The Bertz CT molecular complexity index is 303. The van der Waals surface area contributed by atoms with Gasteiger partial charge in [-0.25, -0.2) is 4.98 Å². The lowest BCUT2D eigenvalue weighted by Gasteiger charge is -1.97. The van der Waals surface area contributed by atoms with Crippen LogP contribution in [0.15, 0.2) is 12.1 Å². The van der Waals surface area contributed by atoms with Gasteiger partial charge in [0.1, 0.15) is 0 Å². The number of aromatic nitrogens is 1. The first kappa shape index (κ1) is 7.83. The van der Waals surface area contributed by atoms with Crippen LogP contribution in [0.1, 0.15) is 5.69 Å². The van der Waals surface area contributed by atoms with Gasteiger partial charge in [0.25, 0.3) is 0 Å². The van der Waals surface area contributed by atoms with Gasteiger partial charge in [-0.3, -0.25) is 0 Å². The maximum absolute atomic E-state index is 8.32. The molecule has 0 bridgehead atoms. The van der Waals surface area contributed by atoms with Crippen LogP contribution in [-0.2, 0) is 6.42 Å². The third kappa shape index (κ3) is 1.82. The highest BCUT2D eigenvalue weighted by atomic mass is 35.5. The number of hydrogen-bond acceptors (Lipinski definition) is 3. The lowest BCUT2D eigenvalue weighted by Crippen LogP contribution is -1.93. The molecule has 2 N–H and O–H groups in total. The standard InChI is InChI=1S/C7H6ClN3/c8-7-6(10)2-1-5(11-7)3-4-9/h1-2H,3,10H2. The smallest absolute Gasteiger partial charge is 0.152 e. The molecular formula is C7H6ClN3. The molecule has 0 atom stereocenters. The second-order valence-electron chi connectivity index (χ2n) is 2.02. The summed E-state index contributed by atoms with van der Waals surface area (Å²) in [5.74, 6) is 0. The minimum absolute atomic E-state index is 0.262. The van der Waals surface area contributed by atoms with Crippen LogP contribution in [0.3, 0.4) is 0 Å². The van der Waals surface area contributed by atoms with Crippen molar-refractivity contribution in [3.63, 3.8) is 0 Å². The number of pyridine rings is 1. The maximum atomic E-state index is 8.32. The highest BCUT2D eigenvalue weighted by molar-refractivity contribution is 6.31. The lowest BCUT2D eigenvalue weighted by molar-refractivity contribution is 1.12. The number of nitrogen functional groups attached to an aromatic ring is 1. The van der Waals surface area contributed by atoms with Gasteiger partial charge in [-0.15, -0.1) is 0 Å². The van der Waals surface area contributed by atoms with Crippen LogP contribution in [0.4, 0.5) is 5.69 Å². The van der Waals surface area contributed by atoms with Crippen LogP contribution in [-0.4, -0.2) is 4.98 Å². The summed E-state index contributed by atoms with van der Waals surface area (Å²) in [5, 5.41) is 8.58. The molecule has 0 spiro atoms. The predicted octanol–water partition coefficient (Wildman–Crippen LogP) is 1.38. The Balaban J connectivity index is 2.98. The predicted molar refractivity (Wildman–Crippen MR) is 43.0 cm³/mol. The van der Waals surface area contributed by atoms with Crippen molar-refractivity contribution < 1.29 is 0 Å². The van der Waals surface area contributed by atoms with Gasteiger partial charge >= 0.3 is 0 Å². The average molecular weight is 168 g/mol. The Hall–Kier alpha value is -1.27. The van der Waals surface area contributed by atoms with Crippen molar-refractivity contribution in [2.75, 3.05) is 5.73 Å². The van der Waals surface area contributed by atoms with E-state index in [4.69, 9.17) is 22.6 Å². The first-order valence-electron chi connectivity index (χ1n) is 3.02. The monoisotopic (exact) mass is 167 g/mol. The molecule has 0 saturated heterocycles. The molecule has 56 valence electrons. The van der Waals surface area contributed by atoms with Crippen LogP contribution in [0.5, 0.6) is 0 Å². The molecule has 0 saturated carbocycles. The molecule has 0 aliphatic carbocycles. The summed E-state index contributed by atoms with van der Waals surface area (Å²) < 4.78 is 0. The van der Waals surface area contributed by atoms with Crippen molar-refractivity contribution >= 4 is 17.3 Å². The van der Waals surface area contributed by atoms with Gasteiger partial charge in [0, 0.05) is 0 Å². The van der Waals surface area contributed by atoms with Crippen molar-refractivity contribution in [3.05, 3.63) is 23.0 Å². The van der Waals surface area contributed by atoms with Crippen LogP contribution in [0.25, 0.3) is 0 Å². The SMILES string of the molecule is N#CCc1ccc(N)c(Cl)n1. The van der Waals surface area contributed by atoms with Crippen molar-refractivity contribution in [3.8, 4) is 6.07 Å². The zero-order valence-corrected chi connectivity index (χ0v) is 6.47. The Labute approximate surface area is 69.4 Å². The second kappa shape index (κ2) is 3.22. The molecule has 0 radical (unpaired) electrons. The van der Waals surface area contributed by atoms with E-state index in [-0.39, 0.29) is 11.6 Å². The largest absolute Gasteiger partial charge is 0.396 e. The third-order valence-electron chi connectivity index (χ3n) is 1.20. The Morgan fingerprint density at radius 1 is 1.64 bits per heavy atom. The number of rotatable bonds is 1. The first-order chi connectivity index (χ1) is 5.24. The maximum Gasteiger partial charge on any atom is 0.152 e. The molecule has 4 heteroatoms. The molecule has 1 aromatic rings. The summed E-state index contributed by atoms with van der Waals surface area (Å²) in [5.41, 5.74) is 6.49. The normalized spacial score (nSPS) is 9.09. The first-order valence-corrected chi connectivity index (χ1v) is 3.39. The summed E-state index contributed by atoms with van der Waals surface area (Å²) in [6.45, 7) is 0. The van der Waals surface area contributed by atoms with Gasteiger partial charge in [-0.2, -0.15) is 5.26 Å². The van der Waals surface area contributed by atoms with Crippen LogP contribution >= 0.6 is 11.6 Å². The fourth-order valence-electron chi connectivity index (χ4n) is 0.662. The molecule has 0 aromatic carbocycles. The molecule has 3 nitrogen and oxygen atoms in total. The average Bonchev–Trinajstić information content (AvgIpc) is 1.98. The third-order valence-corrected chi connectivity index (χ3v) is 1.50. The Kier molecular flexibility index (Phi) is 2.29. The van der Waals surface area contributed by atoms with Crippen molar-refractivity contribution in [2.45, 2.75) is 6.42 Å². The molecule has 0 fully saturated rings. The number of hydrogen-bond donors (Lipinski definition) is 1. The van der Waals surface area contributed by atoms with Gasteiger partial charge in [0.2, 0.25) is 0 Å². The number of anilines is 1. The van der Waals surface area contributed by atoms with Crippen molar-refractivity contribution in [2.24, 2.45) is 0 Å². The highest BCUT2D eigenvalue weighted by Crippen LogP contribution is 2.15. The summed E-state index contributed by atoms with van der Waals surface area (Å²) in [4.78, 5) is 3.88. The van der Waals surface area contributed by atoms with Gasteiger partial charge in [0.15, 0.2) is 5.15 Å². The molecule has 0 amide bonds. The van der Waals surface area contributed by atoms with Crippen LogP contribution in [0, 0.1) is 11.3 Å². The number of nitriles is 1. The summed E-state index contributed by atoms with van der Waals surface area (Å²) in [7, 11) is 0. The van der Waals surface area contributed by atoms with E-state index in [2.05, 4.69) is 4.98 Å². The van der Waals surface area contributed by atoms with E-state index in [1.54, 1.807) is 12.1 Å². The summed E-state index contributed by atoms with van der Waals surface area (Å²) >= 11 is 5.60. The molecule has 1 rings (SSSR count). The number of halogens is 1. The van der Waals surface area contributed by atoms with Gasteiger partial charge in [0.05, 0.1) is 23.9 Å². The van der Waals surface area contributed by atoms with E-state index >= 15 is 0 Å². The lowest BCUT2D eigenvalue weighted by atomic mass is 10.3. The molecule has 11 heavy (non-hydrogen) atoms. The fourth-order valence-corrected chi connectivity index (χ4v) is 0.834. The molecule has 0 aliphatic rings. The van der Waals surface area contributed by atoms with Gasteiger partial charge in [-0.05, 0) is 12.1 Å². The molecule has 0 unspecified atom stereocenters. The Morgan fingerprint density at radius 2 is 2.36 bits per heavy atom. The minimum Gasteiger partial charge on any atom is -0.396 e. The van der Waals surface area contributed by atoms with Crippen molar-refractivity contribution in [1.29, 1.82) is 5.26 Å².